The average Bonchev–Trinajstić information content (AvgIpc) is 3.68. The van der Waals surface area contributed by atoms with E-state index in [-0.39, 0.29) is 12.1 Å². The molecule has 2 atom stereocenters. The summed E-state index contributed by atoms with van der Waals surface area (Å²) in [4.78, 5) is 44.6. The molecule has 274 valence electrons. The number of halogens is 1. The number of aryl methyl sites for hydroxylation is 1. The number of methoxy groups -OCH3 is 1. The number of carbonyl (C=O) groups is 2. The van der Waals surface area contributed by atoms with Crippen LogP contribution in [-0.4, -0.2) is 87.9 Å². The molecule has 2 saturated heterocycles. The fourth-order valence-electron chi connectivity index (χ4n) is 7.88. The molecule has 52 heavy (non-hydrogen) atoms. The molecule has 1 unspecified atom stereocenters. The largest absolute Gasteiger partial charge is 0.479 e. The number of carboxylic acid groups (broad SMARTS) is 1. The molecule has 5 heterocycles. The average molecular weight is 744 g/mol. The first-order valence-electron chi connectivity index (χ1n) is 18.0. The van der Waals surface area contributed by atoms with Gasteiger partial charge in [-0.3, -0.25) is 9.89 Å². The minimum absolute atomic E-state index is 0.0701. The summed E-state index contributed by atoms with van der Waals surface area (Å²) in [5.41, 5.74) is 5.19. The fraction of sp³-hybridized carbons (Fsp3) is 0.475. The molecule has 4 aromatic rings. The zero-order valence-electron chi connectivity index (χ0n) is 30.8. The minimum Gasteiger partial charge on any atom is -0.479 e. The summed E-state index contributed by atoms with van der Waals surface area (Å²) < 4.78 is 12.0. The van der Waals surface area contributed by atoms with E-state index in [1.807, 2.05) is 64.1 Å². The number of thiazole rings is 1. The molecule has 0 spiro atoms. The SMILES string of the molecule is COC(=O)N1CC(N2CCC(C3=c4nc(-c5nc6cc(C)c([C@H](OC(C)(C)C)C(=O)O)c(-c7ccc(Cl)cc7)c6s5)ccc4=NC3C(C)C)CC2)C1. The van der Waals surface area contributed by atoms with Gasteiger partial charge in [0.2, 0.25) is 0 Å². The van der Waals surface area contributed by atoms with Crippen molar-refractivity contribution in [1.82, 2.24) is 19.8 Å². The van der Waals surface area contributed by atoms with Crippen LogP contribution in [0.3, 0.4) is 0 Å². The van der Waals surface area contributed by atoms with Crippen LogP contribution >= 0.6 is 22.9 Å². The van der Waals surface area contributed by atoms with Crippen molar-refractivity contribution in [1.29, 1.82) is 0 Å². The predicted molar refractivity (Wildman–Crippen MR) is 204 cm³/mol. The summed E-state index contributed by atoms with van der Waals surface area (Å²) in [6.07, 6.45) is 0.594. The summed E-state index contributed by atoms with van der Waals surface area (Å²) >= 11 is 7.81. The molecule has 3 aliphatic heterocycles. The molecule has 2 aromatic carbocycles. The van der Waals surface area contributed by atoms with Crippen molar-refractivity contribution in [3.05, 3.63) is 69.3 Å². The molecule has 12 heteroatoms. The van der Waals surface area contributed by atoms with Gasteiger partial charge in [-0.15, -0.1) is 11.3 Å². The first-order chi connectivity index (χ1) is 24.7. The lowest BCUT2D eigenvalue weighted by atomic mass is 9.81. The van der Waals surface area contributed by atoms with Gasteiger partial charge >= 0.3 is 12.1 Å². The highest BCUT2D eigenvalue weighted by atomic mass is 35.5. The van der Waals surface area contributed by atoms with Crippen molar-refractivity contribution in [2.24, 2.45) is 16.8 Å². The summed E-state index contributed by atoms with van der Waals surface area (Å²) in [6.45, 7) is 15.3. The van der Waals surface area contributed by atoms with Crippen LogP contribution in [0.25, 0.3) is 37.6 Å². The van der Waals surface area contributed by atoms with Crippen molar-refractivity contribution >= 4 is 50.8 Å². The monoisotopic (exact) mass is 743 g/mol. The van der Waals surface area contributed by atoms with E-state index < -0.39 is 17.7 Å². The maximum absolute atomic E-state index is 12.8. The van der Waals surface area contributed by atoms with Gasteiger partial charge in [0.15, 0.2) is 6.10 Å². The Morgan fingerprint density at radius 2 is 1.73 bits per heavy atom. The van der Waals surface area contributed by atoms with Crippen LogP contribution in [0.15, 0.2) is 47.5 Å². The summed E-state index contributed by atoms with van der Waals surface area (Å²) in [5, 5.41) is 13.7. The Morgan fingerprint density at radius 1 is 1.04 bits per heavy atom. The molecule has 1 N–H and O–H groups in total. The van der Waals surface area contributed by atoms with Crippen LogP contribution in [0, 0.1) is 18.8 Å². The molecule has 1 amide bonds. The van der Waals surface area contributed by atoms with Crippen molar-refractivity contribution in [2.45, 2.75) is 78.2 Å². The van der Waals surface area contributed by atoms with Gasteiger partial charge in [-0.05, 0) is 112 Å². The van der Waals surface area contributed by atoms with Crippen LogP contribution in [-0.2, 0) is 14.3 Å². The number of amides is 1. The molecular weight excluding hydrogens is 698 g/mol. The molecule has 2 aromatic heterocycles. The van der Waals surface area contributed by atoms with E-state index in [2.05, 4.69) is 24.8 Å². The van der Waals surface area contributed by atoms with E-state index >= 15 is 0 Å². The predicted octanol–water partition coefficient (Wildman–Crippen LogP) is 6.90. The molecular formula is C40H46ClN5O5S. The number of carbonyl (C=O) groups excluding carboxylic acids is 1. The second kappa shape index (κ2) is 14.2. The Hall–Kier alpha value is -3.90. The molecule has 0 aliphatic carbocycles. The lowest BCUT2D eigenvalue weighted by molar-refractivity contribution is -0.160. The van der Waals surface area contributed by atoms with E-state index in [1.165, 1.54) is 24.0 Å². The van der Waals surface area contributed by atoms with Crippen LogP contribution in [0.5, 0.6) is 0 Å². The number of piperidine rings is 1. The molecule has 0 bridgehead atoms. The van der Waals surface area contributed by atoms with Crippen molar-refractivity contribution in [3.63, 3.8) is 0 Å². The Kier molecular flexibility index (Phi) is 9.92. The van der Waals surface area contributed by atoms with Crippen LogP contribution in [0.4, 0.5) is 4.79 Å². The van der Waals surface area contributed by atoms with Gasteiger partial charge in [0.05, 0.1) is 45.4 Å². The van der Waals surface area contributed by atoms with Crippen molar-refractivity contribution < 1.29 is 24.2 Å². The van der Waals surface area contributed by atoms with Crippen LogP contribution in [0.2, 0.25) is 5.02 Å². The smallest absolute Gasteiger partial charge is 0.409 e. The zero-order chi connectivity index (χ0) is 37.1. The highest BCUT2D eigenvalue weighted by Crippen LogP contribution is 2.44. The zero-order valence-corrected chi connectivity index (χ0v) is 32.3. The minimum atomic E-state index is -1.19. The number of hydrogen-bond acceptors (Lipinski definition) is 9. The number of carboxylic acids is 1. The molecule has 7 rings (SSSR count). The number of nitrogens with zero attached hydrogens (tertiary/aromatic N) is 5. The first-order valence-corrected chi connectivity index (χ1v) is 19.2. The van der Waals surface area contributed by atoms with E-state index in [9.17, 15) is 14.7 Å². The lowest BCUT2D eigenvalue weighted by Crippen LogP contribution is -2.62. The number of rotatable bonds is 8. The third-order valence-electron chi connectivity index (χ3n) is 10.4. The van der Waals surface area contributed by atoms with Crippen LogP contribution in [0.1, 0.15) is 64.7 Å². The Balaban J connectivity index is 1.28. The van der Waals surface area contributed by atoms with Gasteiger partial charge in [-0.2, -0.15) is 0 Å². The highest BCUT2D eigenvalue weighted by Gasteiger charge is 2.39. The van der Waals surface area contributed by atoms with Gasteiger partial charge in [0, 0.05) is 35.3 Å². The highest BCUT2D eigenvalue weighted by molar-refractivity contribution is 7.22. The summed E-state index contributed by atoms with van der Waals surface area (Å²) in [6, 6.07) is 14.0. The number of pyridine rings is 1. The van der Waals surface area contributed by atoms with E-state index in [1.54, 1.807) is 4.90 Å². The molecule has 3 aliphatic rings. The van der Waals surface area contributed by atoms with Gasteiger partial charge in [0.1, 0.15) is 5.01 Å². The molecule has 2 fully saturated rings. The maximum atomic E-state index is 12.8. The lowest BCUT2D eigenvalue weighted by Gasteiger charge is -2.47. The Labute approximate surface area is 313 Å². The number of fused-ring (bicyclic) bond motifs is 2. The number of aliphatic carboxylic acids is 1. The second-order valence-corrected chi connectivity index (χ2v) is 16.9. The van der Waals surface area contributed by atoms with E-state index in [0.29, 0.717) is 28.5 Å². The molecule has 0 saturated carbocycles. The molecule has 10 nitrogen and oxygen atoms in total. The third-order valence-corrected chi connectivity index (χ3v) is 11.8. The Morgan fingerprint density at radius 3 is 2.35 bits per heavy atom. The van der Waals surface area contributed by atoms with Gasteiger partial charge in [0.25, 0.3) is 0 Å². The van der Waals surface area contributed by atoms with E-state index in [4.69, 9.17) is 36.0 Å². The molecule has 0 radical (unpaired) electrons. The van der Waals surface area contributed by atoms with Crippen molar-refractivity contribution in [3.8, 4) is 21.8 Å². The van der Waals surface area contributed by atoms with Gasteiger partial charge in [-0.25, -0.2) is 19.6 Å². The second-order valence-electron chi connectivity index (χ2n) is 15.5. The number of aromatic nitrogens is 2. The quantitative estimate of drug-likeness (QED) is 0.207. The number of likely N-dealkylation sites (tertiary alicyclic amines) is 2. The number of benzene rings is 2. The van der Waals surface area contributed by atoms with Crippen molar-refractivity contribution in [2.75, 3.05) is 33.3 Å². The topological polar surface area (TPSA) is 117 Å². The normalized spacial score (nSPS) is 19.1. The van der Waals surface area contributed by atoms with Crippen LogP contribution < -0.4 is 10.7 Å². The number of hydrogen-bond donors (Lipinski definition) is 1. The Bertz CT molecular complexity index is 2150. The maximum Gasteiger partial charge on any atom is 0.409 e. The van der Waals surface area contributed by atoms with Gasteiger partial charge < -0.3 is 19.5 Å². The standard InChI is InChI=1S/C40H46ClN5O5S/c1-21(2)33-32(24-14-16-45(17-15-24)26-19-46(20-26)39(49)50-7)34-27(42-33)12-13-28(43-34)37-44-29-18-22(3)30(35(38(47)48)51-40(4,5)6)31(36(29)52-37)23-8-10-25(41)11-9-23/h8-13,18,21,24,26,33,35H,14-17,19-20H2,1-7H3,(H,47,48)/t33?,35-/m0/s1. The van der Waals surface area contributed by atoms with Gasteiger partial charge in [-0.1, -0.05) is 37.6 Å². The number of ether oxygens (including phenoxy) is 2. The van der Waals surface area contributed by atoms with E-state index in [0.717, 1.165) is 87.3 Å². The third kappa shape index (κ3) is 6.96. The summed E-state index contributed by atoms with van der Waals surface area (Å²) in [7, 11) is 1.43. The summed E-state index contributed by atoms with van der Waals surface area (Å²) in [5.74, 6) is -0.360. The first kappa shape index (κ1) is 36.5. The fourth-order valence-corrected chi connectivity index (χ4v) is 9.10.